The van der Waals surface area contributed by atoms with Crippen molar-refractivity contribution < 1.29 is 0 Å². The number of hydrogen-bond donors (Lipinski definition) is 0. The van der Waals surface area contributed by atoms with Gasteiger partial charge in [0.05, 0.1) is 18.1 Å². The Morgan fingerprint density at radius 2 is 2.25 bits per heavy atom. The van der Waals surface area contributed by atoms with E-state index in [0.29, 0.717) is 0 Å². The monoisotopic (exact) mass is 160 g/mol. The van der Waals surface area contributed by atoms with Crippen molar-refractivity contribution >= 4 is 0 Å². The molecule has 1 unspecified atom stereocenters. The molecule has 0 aliphatic rings. The van der Waals surface area contributed by atoms with Crippen LogP contribution in [0.2, 0.25) is 0 Å². The van der Waals surface area contributed by atoms with Crippen LogP contribution in [0.3, 0.4) is 0 Å². The van der Waals surface area contributed by atoms with Gasteiger partial charge >= 0.3 is 0 Å². The van der Waals surface area contributed by atoms with Gasteiger partial charge in [-0.15, -0.1) is 0 Å². The summed E-state index contributed by atoms with van der Waals surface area (Å²) in [6.07, 6.45) is 4.81. The molecule has 0 heterocycles. The second-order valence-electron chi connectivity index (χ2n) is 2.58. The van der Waals surface area contributed by atoms with Gasteiger partial charge in [-0.3, -0.25) is 0 Å². The van der Waals surface area contributed by atoms with Crippen molar-refractivity contribution in [1.82, 2.24) is 0 Å². The summed E-state index contributed by atoms with van der Waals surface area (Å²) in [6, 6.07) is 4.03. The Morgan fingerprint density at radius 3 is 2.75 bits per heavy atom. The van der Waals surface area contributed by atoms with Crippen LogP contribution < -0.4 is 0 Å². The molecule has 0 N–H and O–H groups in total. The highest BCUT2D eigenvalue weighted by Crippen LogP contribution is 2.13. The smallest absolute Gasteiger partial charge is 0.0908 e. The van der Waals surface area contributed by atoms with Crippen LogP contribution >= 0.6 is 0 Å². The maximum absolute atomic E-state index is 8.53. The van der Waals surface area contributed by atoms with Gasteiger partial charge in [0.25, 0.3) is 0 Å². The minimum atomic E-state index is -0.0829. The van der Waals surface area contributed by atoms with E-state index in [9.17, 15) is 0 Å². The molecule has 0 saturated carbocycles. The van der Waals surface area contributed by atoms with Crippen LogP contribution in [0.4, 0.5) is 0 Å². The molecule has 0 bridgehead atoms. The zero-order valence-corrected chi connectivity index (χ0v) is 7.25. The van der Waals surface area contributed by atoms with Crippen LogP contribution in [0, 0.1) is 28.6 Å². The first-order chi connectivity index (χ1) is 5.72. The minimum Gasteiger partial charge on any atom is -0.198 e. The van der Waals surface area contributed by atoms with Crippen molar-refractivity contribution in [2.24, 2.45) is 5.92 Å². The summed E-state index contributed by atoms with van der Waals surface area (Å²) in [6.45, 7) is 5.61. The predicted molar refractivity (Wildman–Crippen MR) is 47.9 cm³/mol. The van der Waals surface area contributed by atoms with Crippen LogP contribution in [-0.4, -0.2) is 0 Å². The largest absolute Gasteiger partial charge is 0.198 e. The van der Waals surface area contributed by atoms with Crippen LogP contribution in [0.5, 0.6) is 0 Å². The van der Waals surface area contributed by atoms with Gasteiger partial charge < -0.3 is 0 Å². The number of rotatable bonds is 4. The number of nitrogens with zero attached hydrogens (tertiary/aromatic N) is 2. The highest BCUT2D eigenvalue weighted by molar-refractivity contribution is 5.10. The van der Waals surface area contributed by atoms with Crippen molar-refractivity contribution in [3.63, 3.8) is 0 Å². The molecule has 0 aromatic rings. The molecule has 0 fully saturated rings. The summed E-state index contributed by atoms with van der Waals surface area (Å²) in [5, 5.41) is 16.7. The molecule has 1 atom stereocenters. The van der Waals surface area contributed by atoms with Crippen LogP contribution in [-0.2, 0) is 0 Å². The normalized spacial score (nSPS) is 11.9. The molecule has 62 valence electrons. The zero-order chi connectivity index (χ0) is 9.40. The molecular weight excluding hydrogens is 148 g/mol. The fourth-order valence-electron chi connectivity index (χ4n) is 0.713. The van der Waals surface area contributed by atoms with E-state index in [0.717, 1.165) is 18.4 Å². The molecule has 0 amide bonds. The molecule has 0 spiro atoms. The number of allylic oxidation sites excluding steroid dienone is 3. The average molecular weight is 160 g/mol. The minimum absolute atomic E-state index is 0.0829. The van der Waals surface area contributed by atoms with Crippen LogP contribution in [0.1, 0.15) is 19.8 Å². The maximum atomic E-state index is 8.53. The van der Waals surface area contributed by atoms with Crippen molar-refractivity contribution in [1.29, 1.82) is 10.5 Å². The fraction of sp³-hybridized carbons (Fsp3) is 0.400. The molecule has 0 radical (unpaired) electrons. The Balaban J connectivity index is 3.68. The first-order valence-electron chi connectivity index (χ1n) is 3.84. The molecule has 0 aromatic carbocycles. The lowest BCUT2D eigenvalue weighted by molar-refractivity contribution is 0.799. The van der Waals surface area contributed by atoms with Crippen molar-refractivity contribution in [3.05, 3.63) is 24.3 Å². The molecule has 0 aliphatic carbocycles. The third-order valence-corrected chi connectivity index (χ3v) is 1.63. The lowest BCUT2D eigenvalue weighted by Crippen LogP contribution is -1.93. The molecule has 12 heavy (non-hydrogen) atoms. The maximum Gasteiger partial charge on any atom is 0.0908 e. The molecule has 0 rings (SSSR count). The van der Waals surface area contributed by atoms with Gasteiger partial charge in [-0.2, -0.15) is 10.5 Å². The van der Waals surface area contributed by atoms with Gasteiger partial charge in [0, 0.05) is 6.08 Å². The standard InChI is InChI=1S/C10H12N2/c1-9(10(2)8-12)6-4-3-5-7-11/h3,5,10H,1,4,6H2,2H3. The molecule has 0 aliphatic heterocycles. The number of nitriles is 2. The van der Waals surface area contributed by atoms with E-state index in [2.05, 4.69) is 12.6 Å². The van der Waals surface area contributed by atoms with E-state index in [1.54, 1.807) is 6.08 Å². The second-order valence-corrected chi connectivity index (χ2v) is 2.58. The third-order valence-electron chi connectivity index (χ3n) is 1.63. The fourth-order valence-corrected chi connectivity index (χ4v) is 0.713. The van der Waals surface area contributed by atoms with Gasteiger partial charge in [-0.1, -0.05) is 18.2 Å². The van der Waals surface area contributed by atoms with E-state index in [4.69, 9.17) is 10.5 Å². The number of hydrogen-bond acceptors (Lipinski definition) is 2. The van der Waals surface area contributed by atoms with Gasteiger partial charge in [0.15, 0.2) is 0 Å². The molecule has 2 nitrogen and oxygen atoms in total. The first-order valence-corrected chi connectivity index (χ1v) is 3.84. The van der Waals surface area contributed by atoms with E-state index < -0.39 is 0 Å². The average Bonchev–Trinajstić information content (AvgIpc) is 2.10. The summed E-state index contributed by atoms with van der Waals surface area (Å²) in [7, 11) is 0. The quantitative estimate of drug-likeness (QED) is 0.468. The Labute approximate surface area is 73.4 Å². The van der Waals surface area contributed by atoms with Gasteiger partial charge in [0.1, 0.15) is 0 Å². The Bertz CT molecular complexity index is 250. The summed E-state index contributed by atoms with van der Waals surface area (Å²) < 4.78 is 0. The Kier molecular flexibility index (Phi) is 5.39. The molecule has 2 heteroatoms. The third kappa shape index (κ3) is 4.30. The van der Waals surface area contributed by atoms with Crippen LogP contribution in [0.25, 0.3) is 0 Å². The summed E-state index contributed by atoms with van der Waals surface area (Å²) in [4.78, 5) is 0. The zero-order valence-electron chi connectivity index (χ0n) is 7.25. The SMILES string of the molecule is C=C(CCC=CC#N)C(C)C#N. The highest BCUT2D eigenvalue weighted by Gasteiger charge is 2.02. The highest BCUT2D eigenvalue weighted by atomic mass is 14.3. The van der Waals surface area contributed by atoms with E-state index in [1.165, 1.54) is 6.08 Å². The van der Waals surface area contributed by atoms with E-state index in [1.807, 2.05) is 13.0 Å². The Morgan fingerprint density at radius 1 is 1.58 bits per heavy atom. The summed E-state index contributed by atoms with van der Waals surface area (Å²) in [5.41, 5.74) is 0.931. The predicted octanol–water partition coefficient (Wildman–Crippen LogP) is 2.56. The van der Waals surface area contributed by atoms with Gasteiger partial charge in [-0.05, 0) is 19.8 Å². The van der Waals surface area contributed by atoms with Gasteiger partial charge in [-0.25, -0.2) is 0 Å². The lowest BCUT2D eigenvalue weighted by Gasteiger charge is -2.03. The molecular formula is C10H12N2. The van der Waals surface area contributed by atoms with Crippen molar-refractivity contribution in [2.75, 3.05) is 0 Å². The second kappa shape index (κ2) is 6.19. The summed E-state index contributed by atoms with van der Waals surface area (Å²) in [5.74, 6) is -0.0829. The van der Waals surface area contributed by atoms with E-state index >= 15 is 0 Å². The Hall–Kier alpha value is -1.54. The summed E-state index contributed by atoms with van der Waals surface area (Å²) >= 11 is 0. The van der Waals surface area contributed by atoms with E-state index in [-0.39, 0.29) is 5.92 Å². The van der Waals surface area contributed by atoms with Crippen molar-refractivity contribution in [2.45, 2.75) is 19.8 Å². The lowest BCUT2D eigenvalue weighted by atomic mass is 10.00. The first kappa shape index (κ1) is 10.5. The van der Waals surface area contributed by atoms with Gasteiger partial charge in [0.2, 0.25) is 0 Å². The molecule has 0 saturated heterocycles. The van der Waals surface area contributed by atoms with Crippen molar-refractivity contribution in [3.8, 4) is 12.1 Å². The van der Waals surface area contributed by atoms with Crippen LogP contribution in [0.15, 0.2) is 24.3 Å². The molecule has 0 aromatic heterocycles. The topological polar surface area (TPSA) is 47.6 Å².